The van der Waals surface area contributed by atoms with Crippen molar-refractivity contribution >= 4 is 11.6 Å². The van der Waals surface area contributed by atoms with E-state index in [1.54, 1.807) is 0 Å². The molecule has 0 aliphatic heterocycles. The lowest BCUT2D eigenvalue weighted by Crippen LogP contribution is -2.05. The normalized spacial score (nSPS) is 11.0. The van der Waals surface area contributed by atoms with Crippen LogP contribution in [0.25, 0.3) is 45.0 Å². The Morgan fingerprint density at radius 3 is 1.17 bits per heavy atom. The summed E-state index contributed by atoms with van der Waals surface area (Å²) in [5.74, 6) is 0.0243. The van der Waals surface area contributed by atoms with Crippen LogP contribution in [-0.2, 0) is 12.8 Å². The quantitative estimate of drug-likeness (QED) is 0.154. The van der Waals surface area contributed by atoms with Crippen LogP contribution in [0, 0.1) is 0 Å². The molecular weight excluding hydrogens is 568 g/mol. The van der Waals surface area contributed by atoms with Gasteiger partial charge in [0.1, 0.15) is 0 Å². The number of benzene rings is 5. The van der Waals surface area contributed by atoms with Gasteiger partial charge in [-0.3, -0.25) is 19.8 Å². The molecule has 6 heteroatoms. The summed E-state index contributed by atoms with van der Waals surface area (Å²) in [6.07, 6.45) is 0.364. The second-order valence-corrected chi connectivity index (χ2v) is 11.1. The Hall–Kier alpha value is -6.14. The van der Waals surface area contributed by atoms with E-state index in [1.807, 2.05) is 146 Å². The summed E-state index contributed by atoms with van der Waals surface area (Å²) in [7, 11) is 0. The average Bonchev–Trinajstić information content (AvgIpc) is 3.74. The van der Waals surface area contributed by atoms with Crippen LogP contribution < -0.4 is 0 Å². The minimum atomic E-state index is 0.0121. The molecule has 7 aromatic rings. The highest BCUT2D eigenvalue weighted by molar-refractivity contribution is 6.00. The molecule has 222 valence electrons. The number of aromatic amines is 2. The second-order valence-electron chi connectivity index (χ2n) is 11.1. The van der Waals surface area contributed by atoms with E-state index in [4.69, 9.17) is 10.2 Å². The van der Waals surface area contributed by atoms with Gasteiger partial charge >= 0.3 is 0 Å². The molecular formula is C40H30N4O2. The number of carbonyl (C=O) groups is 2. The van der Waals surface area contributed by atoms with Crippen LogP contribution in [0.15, 0.2) is 146 Å². The first-order valence-corrected chi connectivity index (χ1v) is 15.2. The lowest BCUT2D eigenvalue weighted by atomic mass is 9.93. The highest BCUT2D eigenvalue weighted by Gasteiger charge is 2.23. The molecule has 2 N–H and O–H groups in total. The molecule has 0 bridgehead atoms. The summed E-state index contributed by atoms with van der Waals surface area (Å²) in [6.45, 7) is 0. The fraction of sp³-hybridized carbons (Fsp3) is 0.0500. The summed E-state index contributed by atoms with van der Waals surface area (Å²) in [4.78, 5) is 27.0. The Morgan fingerprint density at radius 2 is 0.783 bits per heavy atom. The van der Waals surface area contributed by atoms with Crippen LogP contribution >= 0.6 is 0 Å². The number of hydrogen-bond acceptors (Lipinski definition) is 4. The average molecular weight is 599 g/mol. The van der Waals surface area contributed by atoms with Crippen molar-refractivity contribution in [1.29, 1.82) is 0 Å². The molecule has 0 saturated carbocycles. The van der Waals surface area contributed by atoms with Crippen LogP contribution in [-0.4, -0.2) is 32.0 Å². The van der Waals surface area contributed by atoms with E-state index in [-0.39, 0.29) is 24.4 Å². The van der Waals surface area contributed by atoms with Crippen molar-refractivity contribution in [2.75, 3.05) is 0 Å². The fourth-order valence-electron chi connectivity index (χ4n) is 5.83. The Labute approximate surface area is 266 Å². The number of carbonyl (C=O) groups excluding carboxylic acids is 2. The Kier molecular flexibility index (Phi) is 7.99. The van der Waals surface area contributed by atoms with E-state index in [0.29, 0.717) is 22.5 Å². The maximum absolute atomic E-state index is 13.5. The summed E-state index contributed by atoms with van der Waals surface area (Å²) in [5, 5.41) is 15.9. The zero-order valence-corrected chi connectivity index (χ0v) is 25.0. The van der Waals surface area contributed by atoms with Crippen LogP contribution in [0.2, 0.25) is 0 Å². The number of aromatic nitrogens is 4. The van der Waals surface area contributed by atoms with Gasteiger partial charge in [-0.15, -0.1) is 0 Å². The molecule has 0 saturated heterocycles. The van der Waals surface area contributed by atoms with Gasteiger partial charge in [0.2, 0.25) is 0 Å². The topological polar surface area (TPSA) is 91.5 Å². The van der Waals surface area contributed by atoms with Gasteiger partial charge in [0.15, 0.2) is 11.6 Å². The number of nitrogens with zero attached hydrogens (tertiary/aromatic N) is 2. The van der Waals surface area contributed by atoms with Crippen molar-refractivity contribution in [1.82, 2.24) is 20.4 Å². The molecule has 0 atom stereocenters. The molecule has 0 aliphatic carbocycles. The first-order chi connectivity index (χ1) is 22.7. The van der Waals surface area contributed by atoms with Gasteiger partial charge in [-0.05, 0) is 17.2 Å². The SMILES string of the molecule is O=C(Cc1c(-c2cccc(-c3n[nH]c(-c4ccccc4)c3CC(=O)c3ccccc3)c2)n[nH]c1-c1ccccc1)c1ccccc1. The second kappa shape index (κ2) is 12.8. The highest BCUT2D eigenvalue weighted by atomic mass is 16.1. The minimum Gasteiger partial charge on any atom is -0.294 e. The number of hydrogen-bond donors (Lipinski definition) is 2. The molecule has 0 fully saturated rings. The first-order valence-electron chi connectivity index (χ1n) is 15.2. The lowest BCUT2D eigenvalue weighted by Gasteiger charge is -2.09. The Balaban J connectivity index is 1.31. The monoisotopic (exact) mass is 598 g/mol. The molecule has 0 amide bonds. The highest BCUT2D eigenvalue weighted by Crippen LogP contribution is 2.36. The number of nitrogens with one attached hydrogen (secondary N) is 2. The van der Waals surface area contributed by atoms with Gasteiger partial charge in [0, 0.05) is 46.2 Å². The maximum Gasteiger partial charge on any atom is 0.167 e. The predicted molar refractivity (Wildman–Crippen MR) is 181 cm³/mol. The lowest BCUT2D eigenvalue weighted by molar-refractivity contribution is 0.0985. The first kappa shape index (κ1) is 28.6. The van der Waals surface area contributed by atoms with E-state index in [0.717, 1.165) is 44.8 Å². The van der Waals surface area contributed by atoms with Crippen molar-refractivity contribution in [3.05, 3.63) is 168 Å². The molecule has 46 heavy (non-hydrogen) atoms. The van der Waals surface area contributed by atoms with Crippen LogP contribution in [0.4, 0.5) is 0 Å². The standard InChI is InChI=1S/C40H30N4O2/c45-35(27-14-5-1-6-15-27)25-33-37(29-18-9-3-10-19-29)41-43-39(33)31-22-13-23-32(24-31)40-34(26-36(46)28-16-7-2-8-17-28)38(42-44-40)30-20-11-4-12-21-30/h1-24H,25-26H2,(H,41,43)(H,42,44). The summed E-state index contributed by atoms with van der Waals surface area (Å²) < 4.78 is 0. The van der Waals surface area contributed by atoms with E-state index < -0.39 is 0 Å². The van der Waals surface area contributed by atoms with Gasteiger partial charge in [-0.25, -0.2) is 0 Å². The molecule has 0 spiro atoms. The van der Waals surface area contributed by atoms with E-state index in [2.05, 4.69) is 10.2 Å². The van der Waals surface area contributed by atoms with Gasteiger partial charge in [-0.1, -0.05) is 140 Å². The number of Topliss-reactive ketones (excluding diaryl/α,β-unsaturated/α-hetero) is 2. The molecule has 0 aliphatic rings. The van der Waals surface area contributed by atoms with Gasteiger partial charge < -0.3 is 0 Å². The van der Waals surface area contributed by atoms with Crippen molar-refractivity contribution in [2.45, 2.75) is 12.8 Å². The molecule has 5 aromatic carbocycles. The minimum absolute atomic E-state index is 0.0121. The molecule has 6 nitrogen and oxygen atoms in total. The van der Waals surface area contributed by atoms with Gasteiger partial charge in [0.05, 0.1) is 22.8 Å². The van der Waals surface area contributed by atoms with Crippen molar-refractivity contribution in [2.24, 2.45) is 0 Å². The van der Waals surface area contributed by atoms with Crippen LogP contribution in [0.3, 0.4) is 0 Å². The number of ketones is 2. The molecule has 2 heterocycles. The third-order valence-corrected chi connectivity index (χ3v) is 8.13. The van der Waals surface area contributed by atoms with E-state index in [1.165, 1.54) is 0 Å². The fourth-order valence-corrected chi connectivity index (χ4v) is 5.83. The van der Waals surface area contributed by atoms with Gasteiger partial charge in [-0.2, -0.15) is 10.2 Å². The molecule has 0 unspecified atom stereocenters. The zero-order valence-electron chi connectivity index (χ0n) is 25.0. The molecule has 7 rings (SSSR count). The summed E-state index contributed by atoms with van der Waals surface area (Å²) >= 11 is 0. The summed E-state index contributed by atoms with van der Waals surface area (Å²) in [6, 6.07) is 46.5. The van der Waals surface area contributed by atoms with Crippen molar-refractivity contribution in [3.63, 3.8) is 0 Å². The van der Waals surface area contributed by atoms with Gasteiger partial charge in [0.25, 0.3) is 0 Å². The molecule has 0 radical (unpaired) electrons. The van der Waals surface area contributed by atoms with Crippen LogP contribution in [0.1, 0.15) is 31.8 Å². The largest absolute Gasteiger partial charge is 0.294 e. The van der Waals surface area contributed by atoms with Crippen molar-refractivity contribution < 1.29 is 9.59 Å². The van der Waals surface area contributed by atoms with E-state index in [9.17, 15) is 9.59 Å². The number of rotatable bonds is 10. The smallest absolute Gasteiger partial charge is 0.167 e. The van der Waals surface area contributed by atoms with E-state index >= 15 is 0 Å². The zero-order chi connectivity index (χ0) is 31.3. The Bertz CT molecular complexity index is 1970. The van der Waals surface area contributed by atoms with Crippen molar-refractivity contribution in [3.8, 4) is 45.0 Å². The predicted octanol–water partition coefficient (Wildman–Crippen LogP) is 8.65. The number of H-pyrrole nitrogens is 2. The maximum atomic E-state index is 13.5. The van der Waals surface area contributed by atoms with Crippen LogP contribution in [0.5, 0.6) is 0 Å². The Morgan fingerprint density at radius 1 is 0.435 bits per heavy atom. The third kappa shape index (κ3) is 5.84. The molecule has 2 aromatic heterocycles. The third-order valence-electron chi connectivity index (χ3n) is 8.13. The summed E-state index contributed by atoms with van der Waals surface area (Å²) in [5.41, 5.74) is 9.57.